The summed E-state index contributed by atoms with van der Waals surface area (Å²) in [5.41, 5.74) is 5.78. The van der Waals surface area contributed by atoms with Gasteiger partial charge in [0.1, 0.15) is 35.4 Å². The Kier molecular flexibility index (Phi) is 12.3. The third-order valence-electron chi connectivity index (χ3n) is 13.3. The Labute approximate surface area is 383 Å². The molecule has 6 unspecified atom stereocenters. The number of aliphatic hydroxyl groups excluding tert-OH is 1. The van der Waals surface area contributed by atoms with E-state index in [2.05, 4.69) is 0 Å². The molecular weight excluding hydrogens is 837 g/mol. The number of anilines is 2. The quantitative estimate of drug-likeness (QED) is 0.0656. The zero-order chi connectivity index (χ0) is 46.1. The second-order valence-electron chi connectivity index (χ2n) is 16.7. The van der Waals surface area contributed by atoms with E-state index in [-0.39, 0.29) is 43.3 Å². The molecule has 1 N–H and O–H groups in total. The number of ether oxygens (including phenoxy) is 5. The number of aliphatic hydroxyl groups is 1. The molecule has 0 aromatic heterocycles. The number of rotatable bonds is 14. The van der Waals surface area contributed by atoms with Crippen molar-refractivity contribution in [3.8, 4) is 28.7 Å². The Morgan fingerprint density at radius 1 is 0.561 bits per heavy atom. The van der Waals surface area contributed by atoms with Crippen molar-refractivity contribution in [1.29, 1.82) is 0 Å². The van der Waals surface area contributed by atoms with E-state index in [1.165, 1.54) is 9.80 Å². The Hall–Kier alpha value is -7.44. The maximum Gasteiger partial charge on any atom is 0.238 e. The van der Waals surface area contributed by atoms with Crippen LogP contribution in [0.5, 0.6) is 28.7 Å². The molecule has 6 atom stereocenters. The summed E-state index contributed by atoms with van der Waals surface area (Å²) in [6, 6.07) is 32.9. The van der Waals surface area contributed by atoms with Crippen molar-refractivity contribution in [2.45, 2.75) is 18.8 Å². The highest BCUT2D eigenvalue weighted by molar-refractivity contribution is 6.24. The number of allylic oxidation sites excluding steroid dienone is 2. The van der Waals surface area contributed by atoms with Crippen LogP contribution in [0.25, 0.3) is 24.3 Å². The molecule has 9 rings (SSSR count). The molecule has 5 aromatic rings. The first kappa shape index (κ1) is 43.8. The third-order valence-corrected chi connectivity index (χ3v) is 13.3. The molecular formula is C54H50N2O10. The fourth-order valence-electron chi connectivity index (χ4n) is 10.3. The SMILES string of the molecule is COc1ccc(OC)c(C=Cc2ccc(N3C(=O)C4CC=C5C(CC6C(=O)N(c7ccc(C=Cc8cc(OC)ccc8OC)cc7)C(=O)C6C5c5ccccc5OCCO)C4C3=O)cc2)c1. The summed E-state index contributed by atoms with van der Waals surface area (Å²) in [7, 11) is 6.42. The number of hydrogen-bond donors (Lipinski definition) is 1. The van der Waals surface area contributed by atoms with Gasteiger partial charge in [-0.2, -0.15) is 0 Å². The molecule has 4 amide bonds. The molecule has 2 aliphatic carbocycles. The molecule has 1 saturated carbocycles. The number of nitrogens with zero attached hydrogens (tertiary/aromatic N) is 2. The van der Waals surface area contributed by atoms with Gasteiger partial charge in [0.25, 0.3) is 0 Å². The van der Waals surface area contributed by atoms with Crippen molar-refractivity contribution in [2.75, 3.05) is 51.5 Å². The van der Waals surface area contributed by atoms with Crippen LogP contribution in [0.15, 0.2) is 121 Å². The number of hydrogen-bond acceptors (Lipinski definition) is 10. The lowest BCUT2D eigenvalue weighted by Crippen LogP contribution is -2.43. The number of carbonyl (C=O) groups is 4. The molecule has 2 aliphatic heterocycles. The number of amides is 4. The minimum atomic E-state index is -0.795. The summed E-state index contributed by atoms with van der Waals surface area (Å²) in [4.78, 5) is 61.3. The van der Waals surface area contributed by atoms with E-state index < -0.39 is 35.5 Å². The van der Waals surface area contributed by atoms with Crippen LogP contribution in [0.4, 0.5) is 11.4 Å². The lowest BCUT2D eigenvalue weighted by atomic mass is 9.57. The van der Waals surface area contributed by atoms with Crippen LogP contribution in [0.3, 0.4) is 0 Å². The number of fused-ring (bicyclic) bond motifs is 4. The number of benzene rings is 5. The molecule has 4 aliphatic rings. The van der Waals surface area contributed by atoms with Crippen molar-refractivity contribution in [3.05, 3.63) is 149 Å². The van der Waals surface area contributed by atoms with Crippen molar-refractivity contribution < 1.29 is 48.0 Å². The van der Waals surface area contributed by atoms with E-state index in [1.807, 2.05) is 109 Å². The van der Waals surface area contributed by atoms with E-state index in [1.54, 1.807) is 58.8 Å². The maximum absolute atomic E-state index is 14.9. The minimum absolute atomic E-state index is 0.0289. The van der Waals surface area contributed by atoms with E-state index >= 15 is 0 Å². The van der Waals surface area contributed by atoms with Gasteiger partial charge >= 0.3 is 0 Å². The highest BCUT2D eigenvalue weighted by Crippen LogP contribution is 2.59. The summed E-state index contributed by atoms with van der Waals surface area (Å²) >= 11 is 0. The monoisotopic (exact) mass is 886 g/mol. The van der Waals surface area contributed by atoms with Crippen molar-refractivity contribution >= 4 is 59.3 Å². The average Bonchev–Trinajstić information content (AvgIpc) is 3.76. The van der Waals surface area contributed by atoms with Crippen LogP contribution in [0.2, 0.25) is 0 Å². The molecule has 66 heavy (non-hydrogen) atoms. The molecule has 0 spiro atoms. The van der Waals surface area contributed by atoms with Crippen LogP contribution < -0.4 is 33.5 Å². The largest absolute Gasteiger partial charge is 0.497 e. The number of para-hydroxylation sites is 1. The number of imide groups is 2. The Balaban J connectivity index is 1.01. The normalized spacial score (nSPS) is 22.3. The van der Waals surface area contributed by atoms with Gasteiger partial charge in [-0.25, -0.2) is 0 Å². The fraction of sp³-hybridized carbons (Fsp3) is 0.259. The maximum atomic E-state index is 14.9. The van der Waals surface area contributed by atoms with Crippen LogP contribution in [-0.4, -0.2) is 70.4 Å². The second kappa shape index (κ2) is 18.6. The van der Waals surface area contributed by atoms with Crippen molar-refractivity contribution in [1.82, 2.24) is 0 Å². The first-order valence-corrected chi connectivity index (χ1v) is 22.0. The second-order valence-corrected chi connectivity index (χ2v) is 16.7. The number of methoxy groups -OCH3 is 4. The van der Waals surface area contributed by atoms with Gasteiger partial charge in [-0.1, -0.05) is 78.4 Å². The molecule has 12 nitrogen and oxygen atoms in total. The summed E-state index contributed by atoms with van der Waals surface area (Å²) in [5.74, 6) is -2.14. The summed E-state index contributed by atoms with van der Waals surface area (Å²) in [5, 5.41) is 9.72. The van der Waals surface area contributed by atoms with Gasteiger partial charge in [0.2, 0.25) is 23.6 Å². The van der Waals surface area contributed by atoms with Crippen LogP contribution in [0.1, 0.15) is 46.6 Å². The van der Waals surface area contributed by atoms with Crippen LogP contribution >= 0.6 is 0 Å². The van der Waals surface area contributed by atoms with Crippen LogP contribution in [-0.2, 0) is 19.2 Å². The highest BCUT2D eigenvalue weighted by atomic mass is 16.5. The van der Waals surface area contributed by atoms with Gasteiger partial charge in [0, 0.05) is 22.6 Å². The molecule has 0 bridgehead atoms. The van der Waals surface area contributed by atoms with Gasteiger partial charge in [-0.3, -0.25) is 29.0 Å². The van der Waals surface area contributed by atoms with Crippen molar-refractivity contribution in [2.24, 2.45) is 29.6 Å². The molecule has 0 radical (unpaired) electrons. The molecule has 3 fully saturated rings. The highest BCUT2D eigenvalue weighted by Gasteiger charge is 2.62. The first-order chi connectivity index (χ1) is 32.2. The lowest BCUT2D eigenvalue weighted by Gasteiger charge is -2.44. The van der Waals surface area contributed by atoms with Gasteiger partial charge in [0.05, 0.1) is 70.1 Å². The Morgan fingerprint density at radius 3 is 1.62 bits per heavy atom. The Bertz CT molecular complexity index is 2780. The first-order valence-electron chi connectivity index (χ1n) is 22.0. The fourth-order valence-corrected chi connectivity index (χ4v) is 10.3. The smallest absolute Gasteiger partial charge is 0.238 e. The van der Waals surface area contributed by atoms with Gasteiger partial charge in [-0.15, -0.1) is 0 Å². The molecule has 2 saturated heterocycles. The van der Waals surface area contributed by atoms with Gasteiger partial charge in [0.15, 0.2) is 0 Å². The molecule has 12 heteroatoms. The third kappa shape index (κ3) is 7.91. The standard InChI is InChI=1S/C54H50N2O10/c1-62-38-21-25-45(64-3)34(29-38)15-9-32-11-17-36(18-12-32)55-51(58)42-24-23-40-43(49(42)53(55)60)31-44-50(48(40)41-7-5-6-8-47(41)66-28-27-57)54(61)56(52(44)59)37-19-13-33(14-20-37)10-16-35-30-39(63-2)22-26-46(35)65-4/h5-23,25-26,29-30,42-44,48-50,57H,24,27-28,31H2,1-4H3. The summed E-state index contributed by atoms with van der Waals surface area (Å²) < 4.78 is 27.9. The van der Waals surface area contributed by atoms with Crippen LogP contribution in [0, 0.1) is 29.6 Å². The zero-order valence-electron chi connectivity index (χ0n) is 37.1. The topological polar surface area (TPSA) is 141 Å². The van der Waals surface area contributed by atoms with E-state index in [0.717, 1.165) is 27.8 Å². The zero-order valence-corrected chi connectivity index (χ0v) is 37.1. The predicted molar refractivity (Wildman–Crippen MR) is 251 cm³/mol. The molecule has 2 heterocycles. The summed E-state index contributed by atoms with van der Waals surface area (Å²) in [6.07, 6.45) is 10.2. The lowest BCUT2D eigenvalue weighted by molar-refractivity contribution is -0.126. The van der Waals surface area contributed by atoms with E-state index in [9.17, 15) is 24.3 Å². The van der Waals surface area contributed by atoms with E-state index in [4.69, 9.17) is 23.7 Å². The van der Waals surface area contributed by atoms with E-state index in [0.29, 0.717) is 52.1 Å². The minimum Gasteiger partial charge on any atom is -0.497 e. The summed E-state index contributed by atoms with van der Waals surface area (Å²) in [6.45, 7) is -0.189. The molecule has 336 valence electrons. The van der Waals surface area contributed by atoms with Gasteiger partial charge in [-0.05, 0) is 96.6 Å². The van der Waals surface area contributed by atoms with Crippen molar-refractivity contribution in [3.63, 3.8) is 0 Å². The van der Waals surface area contributed by atoms with Gasteiger partial charge < -0.3 is 28.8 Å². The Morgan fingerprint density at radius 2 is 1.09 bits per heavy atom. The molecule has 5 aromatic carbocycles. The average molecular weight is 887 g/mol. The number of carbonyl (C=O) groups excluding carboxylic acids is 4. The predicted octanol–water partition coefficient (Wildman–Crippen LogP) is 8.48.